The molecular weight excluding hydrogens is 347 g/mol. The van der Waals surface area contributed by atoms with Gasteiger partial charge in [-0.1, -0.05) is 58.4 Å². The number of benzene rings is 2. The Morgan fingerprint density at radius 2 is 1.86 bits per heavy atom. The highest BCUT2D eigenvalue weighted by molar-refractivity contribution is 9.09. The number of ether oxygens (including phenoxy) is 1. The second-order valence-corrected chi connectivity index (χ2v) is 6.65. The zero-order valence-corrected chi connectivity index (χ0v) is 13.7. The van der Waals surface area contributed by atoms with Crippen LogP contribution in [0.4, 0.5) is 4.39 Å². The van der Waals surface area contributed by atoms with Gasteiger partial charge in [0.05, 0.1) is 11.4 Å². The summed E-state index contributed by atoms with van der Waals surface area (Å²) in [6.07, 6.45) is 0.723. The minimum atomic E-state index is -0.549. The van der Waals surface area contributed by atoms with Gasteiger partial charge in [-0.2, -0.15) is 0 Å². The number of hydrogen-bond acceptors (Lipinski definition) is 2. The van der Waals surface area contributed by atoms with Gasteiger partial charge in [0.15, 0.2) is 0 Å². The van der Waals surface area contributed by atoms with Crippen molar-refractivity contribution in [3.63, 3.8) is 0 Å². The molecule has 2 nitrogen and oxygen atoms in total. The smallest absolute Gasteiger partial charge is 0.123 e. The fourth-order valence-electron chi connectivity index (χ4n) is 3.08. The summed E-state index contributed by atoms with van der Waals surface area (Å²) in [5, 5.41) is 9.49. The van der Waals surface area contributed by atoms with Crippen molar-refractivity contribution in [2.45, 2.75) is 16.8 Å². The first-order chi connectivity index (χ1) is 10.7. The van der Waals surface area contributed by atoms with Crippen LogP contribution < -0.4 is 0 Å². The molecule has 116 valence electrons. The van der Waals surface area contributed by atoms with E-state index < -0.39 is 5.60 Å². The highest BCUT2D eigenvalue weighted by atomic mass is 79.9. The van der Waals surface area contributed by atoms with Gasteiger partial charge in [0.2, 0.25) is 0 Å². The maximum absolute atomic E-state index is 13.2. The Morgan fingerprint density at radius 1 is 1.18 bits per heavy atom. The van der Waals surface area contributed by atoms with Gasteiger partial charge in [-0.25, -0.2) is 4.39 Å². The summed E-state index contributed by atoms with van der Waals surface area (Å²) in [5.74, 6) is -0.140. The lowest BCUT2D eigenvalue weighted by molar-refractivity contribution is -0.00213. The van der Waals surface area contributed by atoms with Gasteiger partial charge < -0.3 is 9.84 Å². The summed E-state index contributed by atoms with van der Waals surface area (Å²) in [5.41, 5.74) is 1.48. The molecule has 1 aliphatic heterocycles. The molecule has 1 heterocycles. The lowest BCUT2D eigenvalue weighted by Crippen LogP contribution is -2.30. The predicted octanol–water partition coefficient (Wildman–Crippen LogP) is 4.19. The van der Waals surface area contributed by atoms with E-state index in [1.807, 2.05) is 30.3 Å². The van der Waals surface area contributed by atoms with E-state index >= 15 is 0 Å². The Hall–Kier alpha value is -1.23. The van der Waals surface area contributed by atoms with Crippen LogP contribution in [0.5, 0.6) is 0 Å². The number of rotatable bonds is 4. The average Bonchev–Trinajstić information content (AvgIpc) is 3.01. The van der Waals surface area contributed by atoms with Crippen molar-refractivity contribution in [2.24, 2.45) is 5.92 Å². The molecular formula is C18H18BrFO2. The van der Waals surface area contributed by atoms with Crippen LogP contribution in [0.15, 0.2) is 54.6 Å². The maximum atomic E-state index is 13.2. The molecule has 1 fully saturated rings. The van der Waals surface area contributed by atoms with Crippen molar-refractivity contribution in [3.8, 4) is 0 Å². The van der Waals surface area contributed by atoms with E-state index in [2.05, 4.69) is 15.9 Å². The third kappa shape index (κ3) is 2.83. The molecule has 1 saturated heterocycles. The van der Waals surface area contributed by atoms with Crippen molar-refractivity contribution in [3.05, 3.63) is 71.5 Å². The molecule has 0 bridgehead atoms. The van der Waals surface area contributed by atoms with E-state index in [0.29, 0.717) is 6.61 Å². The van der Waals surface area contributed by atoms with Crippen molar-refractivity contribution in [1.82, 2.24) is 0 Å². The van der Waals surface area contributed by atoms with Gasteiger partial charge >= 0.3 is 0 Å². The Bertz CT molecular complexity index is 617. The van der Waals surface area contributed by atoms with Crippen LogP contribution in [-0.2, 0) is 10.3 Å². The molecule has 3 atom stereocenters. The predicted molar refractivity (Wildman–Crippen MR) is 87.3 cm³/mol. The number of alkyl halides is 1. The van der Waals surface area contributed by atoms with Crippen LogP contribution in [0.1, 0.15) is 22.4 Å². The Morgan fingerprint density at radius 3 is 2.45 bits per heavy atom. The van der Waals surface area contributed by atoms with Crippen LogP contribution in [0.3, 0.4) is 0 Å². The van der Waals surface area contributed by atoms with E-state index in [1.165, 1.54) is 12.1 Å². The molecule has 3 rings (SSSR count). The fourth-order valence-corrected chi connectivity index (χ4v) is 3.96. The van der Waals surface area contributed by atoms with E-state index in [4.69, 9.17) is 4.74 Å². The molecule has 0 aliphatic carbocycles. The van der Waals surface area contributed by atoms with E-state index in [0.717, 1.165) is 17.5 Å². The van der Waals surface area contributed by atoms with Crippen molar-refractivity contribution in [1.29, 1.82) is 0 Å². The molecule has 1 aliphatic rings. The largest absolute Gasteiger partial charge is 0.396 e. The number of aliphatic hydroxyl groups is 1. The van der Waals surface area contributed by atoms with Crippen LogP contribution in [0, 0.1) is 11.7 Å². The molecule has 0 amide bonds. The molecule has 0 unspecified atom stereocenters. The summed E-state index contributed by atoms with van der Waals surface area (Å²) >= 11 is 3.76. The third-order valence-electron chi connectivity index (χ3n) is 4.26. The molecule has 0 radical (unpaired) electrons. The third-order valence-corrected chi connectivity index (χ3v) is 5.53. The fraction of sp³-hybridized carbons (Fsp3) is 0.333. The van der Waals surface area contributed by atoms with Crippen molar-refractivity contribution >= 4 is 15.9 Å². The number of halogens is 2. The van der Waals surface area contributed by atoms with Crippen molar-refractivity contribution in [2.75, 3.05) is 13.2 Å². The zero-order valence-electron chi connectivity index (χ0n) is 12.1. The average molecular weight is 365 g/mol. The van der Waals surface area contributed by atoms with Gasteiger partial charge in [-0.3, -0.25) is 0 Å². The minimum Gasteiger partial charge on any atom is -0.396 e. The van der Waals surface area contributed by atoms with Crippen LogP contribution in [0.25, 0.3) is 0 Å². The summed E-state index contributed by atoms with van der Waals surface area (Å²) in [6.45, 7) is 0.631. The monoisotopic (exact) mass is 364 g/mol. The topological polar surface area (TPSA) is 29.5 Å². The van der Waals surface area contributed by atoms with E-state index in [9.17, 15) is 9.50 Å². The first kappa shape index (κ1) is 15.7. The van der Waals surface area contributed by atoms with Gasteiger partial charge in [0.25, 0.3) is 0 Å². The van der Waals surface area contributed by atoms with Crippen molar-refractivity contribution < 1.29 is 14.2 Å². The van der Waals surface area contributed by atoms with Gasteiger partial charge in [0, 0.05) is 12.5 Å². The second kappa shape index (κ2) is 6.49. The van der Waals surface area contributed by atoms with E-state index in [1.54, 1.807) is 12.1 Å². The lowest BCUT2D eigenvalue weighted by Gasteiger charge is -2.34. The molecule has 1 N–H and O–H groups in total. The number of hydrogen-bond donors (Lipinski definition) is 1. The maximum Gasteiger partial charge on any atom is 0.123 e. The zero-order chi connectivity index (χ0) is 15.6. The highest BCUT2D eigenvalue weighted by Crippen LogP contribution is 2.51. The molecule has 22 heavy (non-hydrogen) atoms. The van der Waals surface area contributed by atoms with Crippen LogP contribution in [0.2, 0.25) is 0 Å². The van der Waals surface area contributed by atoms with Gasteiger partial charge in [0.1, 0.15) is 11.4 Å². The second-order valence-electron chi connectivity index (χ2n) is 5.73. The first-order valence-corrected chi connectivity index (χ1v) is 8.27. The van der Waals surface area contributed by atoms with Crippen LogP contribution >= 0.6 is 15.9 Å². The Balaban J connectivity index is 2.01. The van der Waals surface area contributed by atoms with Gasteiger partial charge in [-0.05, 0) is 29.7 Å². The molecule has 2 aromatic rings. The SMILES string of the molecule is OC[C@@H]1CO[C@](c2ccccc2)([C@H](Br)c2ccc(F)cc2)C1. The number of aliphatic hydroxyl groups excluding tert-OH is 1. The quantitative estimate of drug-likeness (QED) is 0.824. The summed E-state index contributed by atoms with van der Waals surface area (Å²) < 4.78 is 19.4. The van der Waals surface area contributed by atoms with E-state index in [-0.39, 0.29) is 23.2 Å². The minimum absolute atomic E-state index is 0.109. The van der Waals surface area contributed by atoms with Gasteiger partial charge in [-0.15, -0.1) is 0 Å². The summed E-state index contributed by atoms with van der Waals surface area (Å²) in [4.78, 5) is -0.112. The highest BCUT2D eigenvalue weighted by Gasteiger charge is 2.47. The van der Waals surface area contributed by atoms with Crippen LogP contribution in [-0.4, -0.2) is 18.3 Å². The summed E-state index contributed by atoms with van der Waals surface area (Å²) in [6, 6.07) is 16.5. The Labute approximate surface area is 138 Å². The lowest BCUT2D eigenvalue weighted by atomic mass is 9.82. The normalized spacial score (nSPS) is 26.0. The standard InChI is InChI=1S/C18H18BrFO2/c19-17(14-6-8-16(20)9-7-14)18(10-13(11-21)12-22-18)15-4-2-1-3-5-15/h1-9,13,17,21H,10-12H2/t13-,17-,18-/m1/s1. The molecule has 0 aromatic heterocycles. The molecule has 2 aromatic carbocycles. The molecule has 0 saturated carbocycles. The summed E-state index contributed by atoms with van der Waals surface area (Å²) in [7, 11) is 0. The Kier molecular flexibility index (Phi) is 4.62. The molecule has 4 heteroatoms. The molecule has 0 spiro atoms. The first-order valence-electron chi connectivity index (χ1n) is 7.35.